The first-order valence-electron chi connectivity index (χ1n) is 9.58. The van der Waals surface area contributed by atoms with Crippen molar-refractivity contribution in [3.63, 3.8) is 0 Å². The molecule has 3 atom stereocenters. The van der Waals surface area contributed by atoms with E-state index in [1.165, 1.54) is 32.1 Å². The molecule has 0 bridgehead atoms. The van der Waals surface area contributed by atoms with Crippen LogP contribution in [0.25, 0.3) is 0 Å². The molecule has 3 heterocycles. The fourth-order valence-electron chi connectivity index (χ4n) is 4.39. The maximum absolute atomic E-state index is 5.98. The molecule has 1 saturated carbocycles. The SMILES string of the molecule is CC(c1nnnn1C1CCCCC1)N1CCOC(C2CCCO2)C1. The first kappa shape index (κ1) is 16.4. The van der Waals surface area contributed by atoms with Gasteiger partial charge in [0.15, 0.2) is 5.82 Å². The molecule has 24 heavy (non-hydrogen) atoms. The highest BCUT2D eigenvalue weighted by atomic mass is 16.5. The van der Waals surface area contributed by atoms with Gasteiger partial charge in [0.1, 0.15) is 0 Å². The molecule has 2 aliphatic heterocycles. The predicted octanol–water partition coefficient (Wildman–Crippen LogP) is 2.12. The number of tetrazole rings is 1. The van der Waals surface area contributed by atoms with E-state index in [-0.39, 0.29) is 18.2 Å². The summed E-state index contributed by atoms with van der Waals surface area (Å²) >= 11 is 0. The zero-order chi connectivity index (χ0) is 16.4. The van der Waals surface area contributed by atoms with Crippen LogP contribution in [0.1, 0.15) is 69.8 Å². The maximum atomic E-state index is 5.98. The van der Waals surface area contributed by atoms with Gasteiger partial charge in [0, 0.05) is 19.7 Å². The second kappa shape index (κ2) is 7.45. The Kier molecular flexibility index (Phi) is 5.10. The lowest BCUT2D eigenvalue weighted by atomic mass is 9.95. The number of ether oxygens (including phenoxy) is 2. The summed E-state index contributed by atoms with van der Waals surface area (Å²) in [4.78, 5) is 2.46. The third kappa shape index (κ3) is 3.34. The van der Waals surface area contributed by atoms with E-state index in [0.29, 0.717) is 6.04 Å². The molecule has 1 aromatic heterocycles. The largest absolute Gasteiger partial charge is 0.375 e. The van der Waals surface area contributed by atoms with Crippen LogP contribution in [0.3, 0.4) is 0 Å². The number of nitrogens with zero attached hydrogens (tertiary/aromatic N) is 5. The molecular weight excluding hydrogens is 306 g/mol. The van der Waals surface area contributed by atoms with Gasteiger partial charge in [-0.05, 0) is 43.0 Å². The molecule has 0 amide bonds. The third-order valence-corrected chi connectivity index (χ3v) is 5.86. The van der Waals surface area contributed by atoms with E-state index < -0.39 is 0 Å². The fraction of sp³-hybridized carbons (Fsp3) is 0.941. The molecule has 0 spiro atoms. The summed E-state index contributed by atoms with van der Waals surface area (Å²) in [6.45, 7) is 5.70. The lowest BCUT2D eigenvalue weighted by Crippen LogP contribution is -2.48. The number of hydrogen-bond donors (Lipinski definition) is 0. The molecule has 3 unspecified atom stereocenters. The van der Waals surface area contributed by atoms with Crippen molar-refractivity contribution in [3.8, 4) is 0 Å². The Morgan fingerprint density at radius 3 is 2.62 bits per heavy atom. The Balaban J connectivity index is 1.45. The van der Waals surface area contributed by atoms with Crippen molar-refractivity contribution < 1.29 is 9.47 Å². The van der Waals surface area contributed by atoms with Crippen LogP contribution in [0.4, 0.5) is 0 Å². The minimum atomic E-state index is 0.183. The van der Waals surface area contributed by atoms with Crippen molar-refractivity contribution in [1.29, 1.82) is 0 Å². The Morgan fingerprint density at radius 2 is 1.83 bits per heavy atom. The zero-order valence-electron chi connectivity index (χ0n) is 14.6. The minimum absolute atomic E-state index is 0.183. The van der Waals surface area contributed by atoms with E-state index in [1.807, 2.05) is 0 Å². The Hall–Kier alpha value is -1.05. The van der Waals surface area contributed by atoms with Crippen LogP contribution in [0.15, 0.2) is 0 Å². The summed E-state index contributed by atoms with van der Waals surface area (Å²) in [5.74, 6) is 1.01. The summed E-state index contributed by atoms with van der Waals surface area (Å²) in [6, 6.07) is 0.691. The van der Waals surface area contributed by atoms with Gasteiger partial charge in [-0.1, -0.05) is 19.3 Å². The fourth-order valence-corrected chi connectivity index (χ4v) is 4.39. The van der Waals surface area contributed by atoms with Gasteiger partial charge in [-0.2, -0.15) is 0 Å². The van der Waals surface area contributed by atoms with Crippen LogP contribution in [-0.4, -0.2) is 63.6 Å². The molecule has 4 rings (SSSR count). The van der Waals surface area contributed by atoms with Crippen LogP contribution in [0.5, 0.6) is 0 Å². The Labute approximate surface area is 143 Å². The lowest BCUT2D eigenvalue weighted by molar-refractivity contribution is -0.103. The van der Waals surface area contributed by atoms with E-state index in [9.17, 15) is 0 Å². The maximum Gasteiger partial charge on any atom is 0.168 e. The van der Waals surface area contributed by atoms with Gasteiger partial charge in [0.05, 0.1) is 30.9 Å². The van der Waals surface area contributed by atoms with Crippen molar-refractivity contribution >= 4 is 0 Å². The van der Waals surface area contributed by atoms with Gasteiger partial charge < -0.3 is 9.47 Å². The molecule has 7 heteroatoms. The average Bonchev–Trinajstić information content (AvgIpc) is 3.34. The van der Waals surface area contributed by atoms with Crippen molar-refractivity contribution in [2.24, 2.45) is 0 Å². The molecule has 0 N–H and O–H groups in total. The molecule has 1 aromatic rings. The van der Waals surface area contributed by atoms with Crippen molar-refractivity contribution in [2.45, 2.75) is 76.2 Å². The summed E-state index contributed by atoms with van der Waals surface area (Å²) in [6.07, 6.45) is 9.03. The van der Waals surface area contributed by atoms with Gasteiger partial charge in [0.25, 0.3) is 0 Å². The number of rotatable bonds is 4. The monoisotopic (exact) mass is 335 g/mol. The lowest BCUT2D eigenvalue weighted by Gasteiger charge is -2.38. The predicted molar refractivity (Wildman–Crippen MR) is 88.6 cm³/mol. The molecule has 3 aliphatic rings. The second-order valence-corrected chi connectivity index (χ2v) is 7.41. The van der Waals surface area contributed by atoms with Crippen LogP contribution < -0.4 is 0 Å². The normalized spacial score (nSPS) is 31.4. The molecule has 1 aliphatic carbocycles. The van der Waals surface area contributed by atoms with Gasteiger partial charge in [-0.3, -0.25) is 4.90 Å². The molecule has 2 saturated heterocycles. The first-order chi connectivity index (χ1) is 11.8. The highest BCUT2D eigenvalue weighted by Gasteiger charge is 2.34. The molecule has 7 nitrogen and oxygen atoms in total. The van der Waals surface area contributed by atoms with Gasteiger partial charge >= 0.3 is 0 Å². The van der Waals surface area contributed by atoms with Crippen molar-refractivity contribution in [2.75, 3.05) is 26.3 Å². The van der Waals surface area contributed by atoms with Crippen molar-refractivity contribution in [3.05, 3.63) is 5.82 Å². The number of morpholine rings is 1. The highest BCUT2D eigenvalue weighted by molar-refractivity contribution is 4.96. The summed E-state index contributed by atoms with van der Waals surface area (Å²) < 4.78 is 13.9. The zero-order valence-corrected chi connectivity index (χ0v) is 14.6. The second-order valence-electron chi connectivity index (χ2n) is 7.41. The summed E-state index contributed by atoms with van der Waals surface area (Å²) in [7, 11) is 0. The summed E-state index contributed by atoms with van der Waals surface area (Å²) in [5.41, 5.74) is 0. The van der Waals surface area contributed by atoms with E-state index in [1.54, 1.807) is 0 Å². The topological polar surface area (TPSA) is 65.3 Å². The summed E-state index contributed by atoms with van der Waals surface area (Å²) in [5, 5.41) is 12.7. The van der Waals surface area contributed by atoms with E-state index in [2.05, 4.69) is 32.0 Å². The standard InChI is InChI=1S/C17H29N5O2/c1-13(17-18-19-20-22(17)14-6-3-2-4-7-14)21-9-11-24-16(12-21)15-8-5-10-23-15/h13-16H,2-12H2,1H3. The van der Waals surface area contributed by atoms with Crippen LogP contribution >= 0.6 is 0 Å². The number of aromatic nitrogens is 4. The molecule has 3 fully saturated rings. The van der Waals surface area contributed by atoms with Gasteiger partial charge in [0.2, 0.25) is 0 Å². The van der Waals surface area contributed by atoms with E-state index in [4.69, 9.17) is 9.47 Å². The number of hydrogen-bond acceptors (Lipinski definition) is 6. The first-order valence-corrected chi connectivity index (χ1v) is 9.58. The Morgan fingerprint density at radius 1 is 1.00 bits per heavy atom. The highest BCUT2D eigenvalue weighted by Crippen LogP contribution is 2.31. The quantitative estimate of drug-likeness (QED) is 0.840. The smallest absolute Gasteiger partial charge is 0.168 e. The van der Waals surface area contributed by atoms with E-state index in [0.717, 1.165) is 45.0 Å². The van der Waals surface area contributed by atoms with E-state index >= 15 is 0 Å². The molecule has 0 aromatic carbocycles. The van der Waals surface area contributed by atoms with Crippen LogP contribution in [0, 0.1) is 0 Å². The molecule has 134 valence electrons. The molecule has 0 radical (unpaired) electrons. The van der Waals surface area contributed by atoms with Gasteiger partial charge in [-0.15, -0.1) is 5.10 Å². The van der Waals surface area contributed by atoms with Crippen LogP contribution in [-0.2, 0) is 9.47 Å². The van der Waals surface area contributed by atoms with Crippen molar-refractivity contribution in [1.82, 2.24) is 25.1 Å². The third-order valence-electron chi connectivity index (χ3n) is 5.86. The van der Waals surface area contributed by atoms with Gasteiger partial charge in [-0.25, -0.2) is 4.68 Å². The Bertz CT molecular complexity index is 525. The average molecular weight is 335 g/mol. The minimum Gasteiger partial charge on any atom is -0.375 e. The van der Waals surface area contributed by atoms with Crippen LogP contribution in [0.2, 0.25) is 0 Å². The molecular formula is C17H29N5O2.